The van der Waals surface area contributed by atoms with E-state index in [1.165, 1.54) is 0 Å². The van der Waals surface area contributed by atoms with Crippen LogP contribution in [-0.2, 0) is 4.79 Å². The minimum Gasteiger partial charge on any atom is -0.330 e. The molecule has 0 spiro atoms. The van der Waals surface area contributed by atoms with Gasteiger partial charge >= 0.3 is 0 Å². The minimum absolute atomic E-state index is 0.247. The third kappa shape index (κ3) is 1.80. The van der Waals surface area contributed by atoms with Crippen molar-refractivity contribution in [1.29, 1.82) is 0 Å². The van der Waals surface area contributed by atoms with Crippen LogP contribution in [0.1, 0.15) is 26.7 Å². The zero-order chi connectivity index (χ0) is 8.43. The highest BCUT2D eigenvalue weighted by Crippen LogP contribution is 2.40. The molecule has 2 nitrogen and oxygen atoms in total. The lowest BCUT2D eigenvalue weighted by molar-refractivity contribution is -0.123. The van der Waals surface area contributed by atoms with Gasteiger partial charge in [-0.05, 0) is 25.3 Å². The largest absolute Gasteiger partial charge is 0.330 e. The van der Waals surface area contributed by atoms with Gasteiger partial charge in [0.05, 0.1) is 0 Å². The molecule has 0 heterocycles. The summed E-state index contributed by atoms with van der Waals surface area (Å²) in [6.45, 7) is 4.75. The Balaban J connectivity index is 2.33. The highest BCUT2D eigenvalue weighted by atomic mass is 16.1. The number of ketones is 1. The minimum atomic E-state index is 0.247. The van der Waals surface area contributed by atoms with Crippen LogP contribution in [0.15, 0.2) is 0 Å². The Bertz CT molecular complexity index is 156. The monoisotopic (exact) mass is 155 g/mol. The highest BCUT2D eigenvalue weighted by molar-refractivity contribution is 5.85. The van der Waals surface area contributed by atoms with Crippen LogP contribution < -0.4 is 5.73 Å². The standard InChI is InChI=1S/C9H17NO/c1-3-6(2)9(11)8-4-7(8)5-10/h6-8H,3-5,10H2,1-2H3/t6?,7-,8-/m0/s1. The van der Waals surface area contributed by atoms with Gasteiger partial charge in [0, 0.05) is 11.8 Å². The molecule has 1 fully saturated rings. The molecule has 0 radical (unpaired) electrons. The number of carbonyl (C=O) groups is 1. The first-order valence-electron chi connectivity index (χ1n) is 4.44. The lowest BCUT2D eigenvalue weighted by Gasteiger charge is -2.05. The molecule has 0 aromatic heterocycles. The van der Waals surface area contributed by atoms with Gasteiger partial charge in [0.15, 0.2) is 0 Å². The second-order valence-corrected chi connectivity index (χ2v) is 3.55. The molecule has 0 aromatic rings. The van der Waals surface area contributed by atoms with Gasteiger partial charge in [0.25, 0.3) is 0 Å². The van der Waals surface area contributed by atoms with Gasteiger partial charge < -0.3 is 5.73 Å². The zero-order valence-electron chi connectivity index (χ0n) is 7.34. The van der Waals surface area contributed by atoms with E-state index in [0.29, 0.717) is 24.2 Å². The molecule has 3 atom stereocenters. The predicted octanol–water partition coefficient (Wildman–Crippen LogP) is 1.20. The van der Waals surface area contributed by atoms with Crippen LogP contribution in [0.2, 0.25) is 0 Å². The number of nitrogens with two attached hydrogens (primary N) is 1. The Kier molecular flexibility index (Phi) is 2.66. The van der Waals surface area contributed by atoms with Gasteiger partial charge in [-0.2, -0.15) is 0 Å². The molecule has 1 unspecified atom stereocenters. The first-order chi connectivity index (χ1) is 5.20. The molecule has 1 rings (SSSR count). The van der Waals surface area contributed by atoms with Crippen LogP contribution in [-0.4, -0.2) is 12.3 Å². The molecule has 1 aliphatic rings. The maximum atomic E-state index is 11.5. The lowest BCUT2D eigenvalue weighted by atomic mass is 9.99. The van der Waals surface area contributed by atoms with Crippen molar-refractivity contribution >= 4 is 5.78 Å². The van der Waals surface area contributed by atoms with Crippen molar-refractivity contribution in [3.05, 3.63) is 0 Å². The summed E-state index contributed by atoms with van der Waals surface area (Å²) in [4.78, 5) is 11.5. The van der Waals surface area contributed by atoms with E-state index in [4.69, 9.17) is 5.73 Å². The Hall–Kier alpha value is -0.370. The van der Waals surface area contributed by atoms with Crippen LogP contribution in [0.5, 0.6) is 0 Å². The number of hydrogen-bond donors (Lipinski definition) is 1. The third-order valence-electron chi connectivity index (χ3n) is 2.69. The van der Waals surface area contributed by atoms with Crippen molar-refractivity contribution in [3.63, 3.8) is 0 Å². The summed E-state index contributed by atoms with van der Waals surface area (Å²) in [5.74, 6) is 1.51. The van der Waals surface area contributed by atoms with Crippen molar-refractivity contribution in [3.8, 4) is 0 Å². The van der Waals surface area contributed by atoms with E-state index in [-0.39, 0.29) is 5.92 Å². The van der Waals surface area contributed by atoms with Crippen molar-refractivity contribution in [2.45, 2.75) is 26.7 Å². The number of Topliss-reactive ketones (excluding diaryl/α,β-unsaturated/α-hetero) is 1. The Morgan fingerprint density at radius 1 is 1.73 bits per heavy atom. The number of carbonyl (C=O) groups excluding carboxylic acids is 1. The Morgan fingerprint density at radius 2 is 2.36 bits per heavy atom. The summed E-state index contributed by atoms with van der Waals surface area (Å²) in [6, 6.07) is 0. The molecule has 0 amide bonds. The molecule has 2 heteroatoms. The molecular weight excluding hydrogens is 138 g/mol. The van der Waals surface area contributed by atoms with Gasteiger partial charge in [-0.15, -0.1) is 0 Å². The van der Waals surface area contributed by atoms with Crippen molar-refractivity contribution < 1.29 is 4.79 Å². The van der Waals surface area contributed by atoms with Crippen LogP contribution >= 0.6 is 0 Å². The van der Waals surface area contributed by atoms with E-state index < -0.39 is 0 Å². The fraction of sp³-hybridized carbons (Fsp3) is 0.889. The van der Waals surface area contributed by atoms with E-state index in [0.717, 1.165) is 12.8 Å². The zero-order valence-corrected chi connectivity index (χ0v) is 7.34. The summed E-state index contributed by atoms with van der Waals surface area (Å²) in [5.41, 5.74) is 5.45. The maximum Gasteiger partial charge on any atom is 0.139 e. The average molecular weight is 155 g/mol. The van der Waals surface area contributed by atoms with Crippen molar-refractivity contribution in [2.24, 2.45) is 23.5 Å². The molecule has 0 saturated heterocycles. The van der Waals surface area contributed by atoms with E-state index in [2.05, 4.69) is 6.92 Å². The number of rotatable bonds is 4. The average Bonchev–Trinajstić information content (AvgIpc) is 2.80. The van der Waals surface area contributed by atoms with Crippen LogP contribution in [0.25, 0.3) is 0 Å². The molecule has 0 aromatic carbocycles. The third-order valence-corrected chi connectivity index (χ3v) is 2.69. The van der Waals surface area contributed by atoms with Gasteiger partial charge in [0.2, 0.25) is 0 Å². The first-order valence-corrected chi connectivity index (χ1v) is 4.44. The topological polar surface area (TPSA) is 43.1 Å². The van der Waals surface area contributed by atoms with Crippen molar-refractivity contribution in [1.82, 2.24) is 0 Å². The summed E-state index contributed by atoms with van der Waals surface area (Å²) in [6.07, 6.45) is 2.01. The number of hydrogen-bond acceptors (Lipinski definition) is 2. The Labute approximate surface area is 68.2 Å². The molecule has 64 valence electrons. The second kappa shape index (κ2) is 3.35. The molecule has 11 heavy (non-hydrogen) atoms. The fourth-order valence-electron chi connectivity index (χ4n) is 1.42. The van der Waals surface area contributed by atoms with E-state index in [1.54, 1.807) is 0 Å². The lowest BCUT2D eigenvalue weighted by Crippen LogP contribution is -2.15. The van der Waals surface area contributed by atoms with Crippen molar-refractivity contribution in [2.75, 3.05) is 6.54 Å². The normalized spacial score (nSPS) is 31.5. The van der Waals surface area contributed by atoms with Crippen LogP contribution in [0.4, 0.5) is 0 Å². The molecule has 0 bridgehead atoms. The van der Waals surface area contributed by atoms with Crippen LogP contribution in [0, 0.1) is 17.8 Å². The Morgan fingerprint density at radius 3 is 2.73 bits per heavy atom. The first kappa shape index (κ1) is 8.72. The molecule has 0 aliphatic heterocycles. The second-order valence-electron chi connectivity index (χ2n) is 3.55. The fourth-order valence-corrected chi connectivity index (χ4v) is 1.42. The maximum absolute atomic E-state index is 11.5. The van der Waals surface area contributed by atoms with Gasteiger partial charge in [0.1, 0.15) is 5.78 Å². The SMILES string of the molecule is CCC(C)C(=O)[C@H]1C[C@H]1CN. The van der Waals surface area contributed by atoms with Gasteiger partial charge in [-0.1, -0.05) is 13.8 Å². The summed E-state index contributed by atoms with van der Waals surface area (Å²) >= 11 is 0. The summed E-state index contributed by atoms with van der Waals surface area (Å²) in [5, 5.41) is 0. The molecular formula is C9H17NO. The molecule has 2 N–H and O–H groups in total. The summed E-state index contributed by atoms with van der Waals surface area (Å²) < 4.78 is 0. The van der Waals surface area contributed by atoms with Gasteiger partial charge in [-0.25, -0.2) is 0 Å². The predicted molar refractivity (Wildman–Crippen MR) is 45.1 cm³/mol. The summed E-state index contributed by atoms with van der Waals surface area (Å²) in [7, 11) is 0. The molecule has 1 aliphatic carbocycles. The van der Waals surface area contributed by atoms with E-state index in [1.807, 2.05) is 6.92 Å². The highest BCUT2D eigenvalue weighted by Gasteiger charge is 2.42. The van der Waals surface area contributed by atoms with Crippen LogP contribution in [0.3, 0.4) is 0 Å². The van der Waals surface area contributed by atoms with E-state index >= 15 is 0 Å². The molecule has 1 saturated carbocycles. The van der Waals surface area contributed by atoms with E-state index in [9.17, 15) is 4.79 Å². The smallest absolute Gasteiger partial charge is 0.139 e. The quantitative estimate of drug-likeness (QED) is 0.662. The van der Waals surface area contributed by atoms with Gasteiger partial charge in [-0.3, -0.25) is 4.79 Å².